The number of nitrogens with zero attached hydrogens (tertiary/aromatic N) is 1. The molecule has 0 aromatic carbocycles. The van der Waals surface area contributed by atoms with E-state index < -0.39 is 0 Å². The Kier molecular flexibility index (Phi) is 2.45. The highest BCUT2D eigenvalue weighted by molar-refractivity contribution is 5.92. The van der Waals surface area contributed by atoms with Gasteiger partial charge in [-0.1, -0.05) is 23.4 Å². The van der Waals surface area contributed by atoms with Gasteiger partial charge in [0, 0.05) is 0 Å². The topological polar surface area (TPSA) is 58.6 Å². The number of nitrogens with two attached hydrogens (primary N) is 1. The lowest BCUT2D eigenvalue weighted by Gasteiger charge is -2.17. The molecule has 1 aliphatic rings. The number of allylic oxidation sites excluding steroid dienone is 2. The molecule has 3 heteroatoms. The molecule has 0 atom stereocenters. The highest BCUT2D eigenvalue weighted by atomic mass is 16.4. The summed E-state index contributed by atoms with van der Waals surface area (Å²) in [6.45, 7) is 7.79. The number of rotatable bonds is 3. The van der Waals surface area contributed by atoms with Crippen LogP contribution < -0.4 is 5.73 Å². The van der Waals surface area contributed by atoms with Crippen LogP contribution in [0.5, 0.6) is 0 Å². The van der Waals surface area contributed by atoms with Crippen molar-refractivity contribution in [3.05, 3.63) is 23.8 Å². The van der Waals surface area contributed by atoms with E-state index in [4.69, 9.17) is 10.9 Å². The van der Waals surface area contributed by atoms with Crippen LogP contribution in [-0.2, 0) is 0 Å². The summed E-state index contributed by atoms with van der Waals surface area (Å²) in [5, 5.41) is 11.7. The molecule has 1 rings (SSSR count). The van der Waals surface area contributed by atoms with E-state index in [-0.39, 0.29) is 5.41 Å². The first-order valence-corrected chi connectivity index (χ1v) is 4.39. The molecule has 1 saturated carbocycles. The maximum absolute atomic E-state index is 8.64. The molecule has 3 nitrogen and oxygen atoms in total. The van der Waals surface area contributed by atoms with E-state index in [0.29, 0.717) is 5.84 Å². The van der Waals surface area contributed by atoms with E-state index in [0.717, 1.165) is 24.0 Å². The lowest BCUT2D eigenvalue weighted by atomic mass is 9.89. The maximum Gasteiger partial charge on any atom is 0.149 e. The quantitative estimate of drug-likeness (QED) is 0.229. The van der Waals surface area contributed by atoms with Gasteiger partial charge in [0.05, 0.1) is 5.41 Å². The molecule has 0 radical (unpaired) electrons. The molecule has 0 amide bonds. The molecule has 3 N–H and O–H groups in total. The lowest BCUT2D eigenvalue weighted by molar-refractivity contribution is 0.314. The van der Waals surface area contributed by atoms with Gasteiger partial charge in [0.25, 0.3) is 0 Å². The lowest BCUT2D eigenvalue weighted by Crippen LogP contribution is -2.27. The van der Waals surface area contributed by atoms with Crippen molar-refractivity contribution in [3.8, 4) is 0 Å². The summed E-state index contributed by atoms with van der Waals surface area (Å²) in [7, 11) is 0. The molecule has 0 aromatic rings. The van der Waals surface area contributed by atoms with Crippen LogP contribution in [0.4, 0.5) is 0 Å². The second kappa shape index (κ2) is 3.24. The smallest absolute Gasteiger partial charge is 0.149 e. The number of amidine groups is 1. The van der Waals surface area contributed by atoms with Gasteiger partial charge in [0.1, 0.15) is 5.84 Å². The van der Waals surface area contributed by atoms with Gasteiger partial charge >= 0.3 is 0 Å². The first kappa shape index (κ1) is 9.84. The van der Waals surface area contributed by atoms with Gasteiger partial charge < -0.3 is 10.9 Å². The number of oxime groups is 1. The minimum Gasteiger partial charge on any atom is -0.409 e. The van der Waals surface area contributed by atoms with Crippen molar-refractivity contribution in [1.29, 1.82) is 0 Å². The Bertz CT molecular complexity index is 285. The third-order valence-electron chi connectivity index (χ3n) is 2.61. The standard InChI is InChI=1S/C10H16N2O/c1-4-8(7(2)3)10(5-6-10)9(11)12-13/h4,13H,2,5-6H2,1,3H3,(H2,11,12)/b8-4+. The van der Waals surface area contributed by atoms with Crippen molar-refractivity contribution in [1.82, 2.24) is 0 Å². The van der Waals surface area contributed by atoms with Crippen LogP contribution in [0.1, 0.15) is 26.7 Å². The van der Waals surface area contributed by atoms with Crippen LogP contribution >= 0.6 is 0 Å². The van der Waals surface area contributed by atoms with E-state index in [9.17, 15) is 0 Å². The fourth-order valence-corrected chi connectivity index (χ4v) is 1.82. The van der Waals surface area contributed by atoms with Crippen LogP contribution in [0.25, 0.3) is 0 Å². The summed E-state index contributed by atoms with van der Waals surface area (Å²) in [5.74, 6) is 0.309. The Morgan fingerprint density at radius 3 is 2.38 bits per heavy atom. The first-order chi connectivity index (χ1) is 6.08. The summed E-state index contributed by atoms with van der Waals surface area (Å²) in [4.78, 5) is 0. The van der Waals surface area contributed by atoms with Gasteiger partial charge in [-0.25, -0.2) is 0 Å². The predicted octanol–water partition coefficient (Wildman–Crippen LogP) is 2.04. The monoisotopic (exact) mass is 180 g/mol. The van der Waals surface area contributed by atoms with E-state index >= 15 is 0 Å². The molecule has 0 bridgehead atoms. The summed E-state index contributed by atoms with van der Waals surface area (Å²) in [6, 6.07) is 0. The molecule has 0 aliphatic heterocycles. The molecular formula is C10H16N2O. The van der Waals surface area contributed by atoms with Gasteiger partial charge in [-0.2, -0.15) is 0 Å². The molecule has 0 heterocycles. The minimum atomic E-state index is -0.213. The molecule has 0 unspecified atom stereocenters. The summed E-state index contributed by atoms with van der Waals surface area (Å²) < 4.78 is 0. The number of hydrogen-bond acceptors (Lipinski definition) is 2. The van der Waals surface area contributed by atoms with E-state index in [1.54, 1.807) is 0 Å². The predicted molar refractivity (Wildman–Crippen MR) is 53.6 cm³/mol. The van der Waals surface area contributed by atoms with Crippen molar-refractivity contribution >= 4 is 5.84 Å². The zero-order valence-electron chi connectivity index (χ0n) is 8.17. The molecular weight excluding hydrogens is 164 g/mol. The Morgan fingerprint density at radius 2 is 2.15 bits per heavy atom. The van der Waals surface area contributed by atoms with Gasteiger partial charge in [0.2, 0.25) is 0 Å². The largest absolute Gasteiger partial charge is 0.409 e. The van der Waals surface area contributed by atoms with Gasteiger partial charge in [0.15, 0.2) is 0 Å². The second-order valence-corrected chi connectivity index (χ2v) is 3.55. The molecule has 0 saturated heterocycles. The van der Waals surface area contributed by atoms with Crippen molar-refractivity contribution in [2.24, 2.45) is 16.3 Å². The number of hydrogen-bond donors (Lipinski definition) is 2. The van der Waals surface area contributed by atoms with Crippen LogP contribution in [0, 0.1) is 5.41 Å². The highest BCUT2D eigenvalue weighted by Crippen LogP contribution is 2.53. The fourth-order valence-electron chi connectivity index (χ4n) is 1.82. The summed E-state index contributed by atoms with van der Waals surface area (Å²) >= 11 is 0. The van der Waals surface area contributed by atoms with Gasteiger partial charge in [-0.3, -0.25) is 0 Å². The average Bonchev–Trinajstić information content (AvgIpc) is 2.85. The van der Waals surface area contributed by atoms with Gasteiger partial charge in [-0.15, -0.1) is 0 Å². The van der Waals surface area contributed by atoms with Crippen molar-refractivity contribution in [3.63, 3.8) is 0 Å². The molecule has 72 valence electrons. The average molecular weight is 180 g/mol. The zero-order chi connectivity index (χ0) is 10.1. The van der Waals surface area contributed by atoms with Crippen LogP contribution in [0.3, 0.4) is 0 Å². The van der Waals surface area contributed by atoms with Crippen molar-refractivity contribution in [2.45, 2.75) is 26.7 Å². The third kappa shape index (κ3) is 1.46. The summed E-state index contributed by atoms with van der Waals surface area (Å²) in [6.07, 6.45) is 3.90. The Labute approximate surface area is 78.6 Å². The molecule has 1 aliphatic carbocycles. The van der Waals surface area contributed by atoms with Crippen LogP contribution in [-0.4, -0.2) is 11.0 Å². The molecule has 1 fully saturated rings. The molecule has 13 heavy (non-hydrogen) atoms. The second-order valence-electron chi connectivity index (χ2n) is 3.55. The Morgan fingerprint density at radius 1 is 1.62 bits per heavy atom. The highest BCUT2D eigenvalue weighted by Gasteiger charge is 2.50. The van der Waals surface area contributed by atoms with E-state index in [1.807, 2.05) is 19.9 Å². The van der Waals surface area contributed by atoms with Crippen molar-refractivity contribution < 1.29 is 5.21 Å². The van der Waals surface area contributed by atoms with Crippen LogP contribution in [0.2, 0.25) is 0 Å². The normalized spacial score (nSPS) is 21.4. The van der Waals surface area contributed by atoms with E-state index in [2.05, 4.69) is 11.7 Å². The maximum atomic E-state index is 8.64. The Balaban J connectivity index is 3.00. The fraction of sp³-hybridized carbons (Fsp3) is 0.500. The van der Waals surface area contributed by atoms with Crippen molar-refractivity contribution in [2.75, 3.05) is 0 Å². The first-order valence-electron chi connectivity index (χ1n) is 4.39. The third-order valence-corrected chi connectivity index (χ3v) is 2.61. The van der Waals surface area contributed by atoms with Gasteiger partial charge in [-0.05, 0) is 32.3 Å². The zero-order valence-corrected chi connectivity index (χ0v) is 8.17. The van der Waals surface area contributed by atoms with Crippen LogP contribution in [0.15, 0.2) is 29.0 Å². The Hall–Kier alpha value is -1.25. The molecule has 0 aromatic heterocycles. The summed E-state index contributed by atoms with van der Waals surface area (Å²) in [5.41, 5.74) is 7.52. The SMILES string of the molecule is C=C(C)/C(=C\C)C1(/C(N)=N/O)CC1. The minimum absolute atomic E-state index is 0.213. The van der Waals surface area contributed by atoms with E-state index in [1.165, 1.54) is 0 Å². The molecule has 0 spiro atoms.